The highest BCUT2D eigenvalue weighted by Crippen LogP contribution is 2.40. The number of aliphatic hydroxyl groups excluding tert-OH is 2. The summed E-state index contributed by atoms with van der Waals surface area (Å²) in [7, 11) is 3.24. The molecule has 0 radical (unpaired) electrons. The van der Waals surface area contributed by atoms with Crippen molar-refractivity contribution in [2.75, 3.05) is 14.1 Å². The van der Waals surface area contributed by atoms with Gasteiger partial charge in [-0.15, -0.1) is 24.8 Å². The minimum Gasteiger partial charge on any atom is -0.412 e. The average molecular weight is 513 g/mol. The van der Waals surface area contributed by atoms with Crippen LogP contribution in [0.4, 0.5) is 0 Å². The summed E-state index contributed by atoms with van der Waals surface area (Å²) in [5.41, 5.74) is 0. The van der Waals surface area contributed by atoms with Crippen LogP contribution in [-0.2, 0) is 19.0 Å². The van der Waals surface area contributed by atoms with E-state index < -0.39 is 60.5 Å². The highest BCUT2D eigenvalue weighted by Gasteiger charge is 2.63. The topological polar surface area (TPSA) is 319 Å². The standard InChI is InChI=1S/C14H24N2O7.2ClH.6H2O/c1-5-4-6(17)14(20)13(21-5)22-12-10(19)7(15-2)9(18)8(16-3)11(12)23-14;;;;;;;;/h5,7-13,15-16,18-20H,4H2,1-3H3;2*1H;6*1H2/t5-,7-,8+,9+,10+,11-,12-,13+,14+;;;;;;;;/m1......../s1. The summed E-state index contributed by atoms with van der Waals surface area (Å²) in [6, 6.07) is -1.29. The number of halogens is 2. The number of ketones is 1. The van der Waals surface area contributed by atoms with Crippen molar-refractivity contribution in [3.05, 3.63) is 0 Å². The molecular formula is C14H38Cl2N2O13. The summed E-state index contributed by atoms with van der Waals surface area (Å²) >= 11 is 0. The Morgan fingerprint density at radius 3 is 1.81 bits per heavy atom. The Bertz CT molecular complexity index is 497. The fourth-order valence-electron chi connectivity index (χ4n) is 3.68. The predicted octanol–water partition coefficient (Wildman–Crippen LogP) is -7.03. The molecule has 0 aromatic carbocycles. The fraction of sp³-hybridized carbons (Fsp3) is 0.929. The maximum absolute atomic E-state index is 12.2. The van der Waals surface area contributed by atoms with E-state index in [1.54, 1.807) is 21.0 Å². The lowest BCUT2D eigenvalue weighted by atomic mass is 9.80. The Hall–Kier alpha value is -0.310. The number of fused-ring (bicyclic) bond motifs is 2. The van der Waals surface area contributed by atoms with Crippen LogP contribution in [0.15, 0.2) is 0 Å². The first kappa shape index (κ1) is 44.4. The SMILES string of the molecule is CN[C@@H]1[C@H](O)[C@H](NC)[C@H]2O[C@@]3(O)C(=O)C[C@@H](C)O[C@H]3O[C@@H]2[C@H]1O.Cl.Cl.O.O.O.O.O.O. The number of hydrogen-bond acceptors (Lipinski definition) is 9. The summed E-state index contributed by atoms with van der Waals surface area (Å²) in [5.74, 6) is -2.76. The van der Waals surface area contributed by atoms with Crippen LogP contribution in [0, 0.1) is 0 Å². The lowest BCUT2D eigenvalue weighted by Crippen LogP contribution is -2.77. The molecule has 0 bridgehead atoms. The first-order valence-corrected chi connectivity index (χ1v) is 7.78. The molecule has 17 heteroatoms. The Morgan fingerprint density at radius 2 is 1.35 bits per heavy atom. The Morgan fingerprint density at radius 1 is 0.871 bits per heavy atom. The van der Waals surface area contributed by atoms with Gasteiger partial charge < -0.3 is 73.0 Å². The summed E-state index contributed by atoms with van der Waals surface area (Å²) in [6.45, 7) is 1.70. The summed E-state index contributed by atoms with van der Waals surface area (Å²) < 4.78 is 16.8. The van der Waals surface area contributed by atoms with Crippen LogP contribution in [0.25, 0.3) is 0 Å². The normalized spacial score (nSPS) is 39.7. The number of hydrogen-bond donors (Lipinski definition) is 5. The van der Waals surface area contributed by atoms with E-state index in [1.807, 2.05) is 0 Å². The van der Waals surface area contributed by atoms with E-state index in [9.17, 15) is 20.1 Å². The second-order valence-electron chi connectivity index (χ2n) is 6.40. The fourth-order valence-corrected chi connectivity index (χ4v) is 3.68. The number of ether oxygens (including phenoxy) is 3. The number of carbonyl (C=O) groups excluding carboxylic acids is 1. The van der Waals surface area contributed by atoms with Gasteiger partial charge in [-0.3, -0.25) is 4.79 Å². The van der Waals surface area contributed by atoms with E-state index in [4.69, 9.17) is 14.2 Å². The van der Waals surface area contributed by atoms with Crippen LogP contribution >= 0.6 is 24.8 Å². The van der Waals surface area contributed by atoms with Crippen LogP contribution in [0.5, 0.6) is 0 Å². The molecule has 17 N–H and O–H groups in total. The van der Waals surface area contributed by atoms with Crippen LogP contribution < -0.4 is 10.6 Å². The molecule has 0 spiro atoms. The largest absolute Gasteiger partial charge is 0.412 e. The average Bonchev–Trinajstić information content (AvgIpc) is 2.49. The number of Topliss-reactive ketones (excluding diaryl/α,β-unsaturated/α-hetero) is 1. The summed E-state index contributed by atoms with van der Waals surface area (Å²) in [5, 5.41) is 37.2. The van der Waals surface area contributed by atoms with Crippen molar-refractivity contribution in [1.29, 1.82) is 0 Å². The van der Waals surface area contributed by atoms with Gasteiger partial charge in [0.2, 0.25) is 6.29 Å². The first-order chi connectivity index (χ1) is 10.8. The molecule has 3 rings (SSSR count). The van der Waals surface area contributed by atoms with E-state index in [0.29, 0.717) is 0 Å². The Kier molecular flexibility index (Phi) is 23.4. The molecule has 15 nitrogen and oxygen atoms in total. The summed E-state index contributed by atoms with van der Waals surface area (Å²) in [6.07, 6.45) is -5.58. The minimum atomic E-state index is -2.23. The molecule has 0 unspecified atom stereocenters. The Balaban J connectivity index is -0.000000195. The van der Waals surface area contributed by atoms with E-state index >= 15 is 0 Å². The zero-order valence-corrected chi connectivity index (χ0v) is 18.8. The molecular weight excluding hydrogens is 475 g/mol. The maximum atomic E-state index is 12.2. The molecule has 3 fully saturated rings. The van der Waals surface area contributed by atoms with Gasteiger partial charge in [-0.1, -0.05) is 0 Å². The quantitative estimate of drug-likeness (QED) is 0.234. The highest BCUT2D eigenvalue weighted by atomic mass is 35.5. The predicted molar refractivity (Wildman–Crippen MR) is 113 cm³/mol. The maximum Gasteiger partial charge on any atom is 0.280 e. The van der Waals surface area contributed by atoms with Crippen molar-refractivity contribution in [1.82, 2.24) is 10.6 Å². The number of nitrogens with one attached hydrogen (secondary N) is 2. The zero-order chi connectivity index (χ0) is 16.9. The minimum absolute atomic E-state index is 0. The number of aliphatic hydroxyl groups is 3. The van der Waals surface area contributed by atoms with Gasteiger partial charge in [0.05, 0.1) is 24.3 Å². The van der Waals surface area contributed by atoms with Gasteiger partial charge >= 0.3 is 0 Å². The van der Waals surface area contributed by atoms with E-state index in [0.717, 1.165) is 0 Å². The van der Waals surface area contributed by atoms with Crippen LogP contribution in [0.3, 0.4) is 0 Å². The van der Waals surface area contributed by atoms with Crippen molar-refractivity contribution in [2.24, 2.45) is 0 Å². The van der Waals surface area contributed by atoms with Crippen molar-refractivity contribution in [2.45, 2.75) is 68.0 Å². The monoisotopic (exact) mass is 512 g/mol. The van der Waals surface area contributed by atoms with Gasteiger partial charge in [-0.05, 0) is 21.0 Å². The molecule has 1 aliphatic carbocycles. The number of rotatable bonds is 2. The van der Waals surface area contributed by atoms with E-state index in [2.05, 4.69) is 10.6 Å². The van der Waals surface area contributed by atoms with E-state index in [-0.39, 0.29) is 64.1 Å². The van der Waals surface area contributed by atoms with Gasteiger partial charge in [0.15, 0.2) is 5.78 Å². The second kappa shape index (κ2) is 16.3. The van der Waals surface area contributed by atoms with Gasteiger partial charge in [0.25, 0.3) is 5.79 Å². The molecule has 3 aliphatic rings. The molecule has 31 heavy (non-hydrogen) atoms. The molecule has 196 valence electrons. The molecule has 0 aromatic heterocycles. The van der Waals surface area contributed by atoms with Crippen LogP contribution in [0.2, 0.25) is 0 Å². The lowest BCUT2D eigenvalue weighted by molar-refractivity contribution is -0.420. The third-order valence-corrected chi connectivity index (χ3v) is 4.93. The van der Waals surface area contributed by atoms with Gasteiger partial charge in [0, 0.05) is 6.42 Å². The third-order valence-electron chi connectivity index (χ3n) is 4.93. The van der Waals surface area contributed by atoms with Crippen LogP contribution in [-0.4, -0.2) is 123 Å². The molecule has 9 atom stereocenters. The molecule has 2 saturated heterocycles. The lowest BCUT2D eigenvalue weighted by Gasteiger charge is -2.55. The zero-order valence-electron chi connectivity index (χ0n) is 17.1. The highest BCUT2D eigenvalue weighted by molar-refractivity contribution is 5.87. The first-order valence-electron chi connectivity index (χ1n) is 7.78. The molecule has 2 aliphatic heterocycles. The Labute approximate surface area is 191 Å². The van der Waals surface area contributed by atoms with Gasteiger partial charge in [-0.25, -0.2) is 0 Å². The van der Waals surface area contributed by atoms with Gasteiger partial charge in [0.1, 0.15) is 18.3 Å². The molecule has 1 saturated carbocycles. The third kappa shape index (κ3) is 7.08. The van der Waals surface area contributed by atoms with Crippen molar-refractivity contribution >= 4 is 30.6 Å². The van der Waals surface area contributed by atoms with Crippen molar-refractivity contribution in [3.8, 4) is 0 Å². The number of carbonyl (C=O) groups is 1. The van der Waals surface area contributed by atoms with E-state index in [1.165, 1.54) is 0 Å². The van der Waals surface area contributed by atoms with Crippen molar-refractivity contribution in [3.63, 3.8) is 0 Å². The smallest absolute Gasteiger partial charge is 0.280 e. The number of likely N-dealkylation sites (N-methyl/N-ethyl adjacent to an activating group) is 2. The van der Waals surface area contributed by atoms with Crippen LogP contribution in [0.1, 0.15) is 13.3 Å². The van der Waals surface area contributed by atoms with Gasteiger partial charge in [-0.2, -0.15) is 0 Å². The summed E-state index contributed by atoms with van der Waals surface area (Å²) in [4.78, 5) is 12.2. The molecule has 0 amide bonds. The molecule has 0 aromatic rings. The second-order valence-corrected chi connectivity index (χ2v) is 6.40. The van der Waals surface area contributed by atoms with Crippen molar-refractivity contribution < 1.29 is 67.2 Å². The molecule has 2 heterocycles.